The Morgan fingerprint density at radius 2 is 1.14 bits per heavy atom. The summed E-state index contributed by atoms with van der Waals surface area (Å²) in [6.07, 6.45) is 0. The first-order valence-corrected chi connectivity index (χ1v) is 6.91. The molecule has 3 rings (SSSR count). The van der Waals surface area contributed by atoms with E-state index in [2.05, 4.69) is 0 Å². The van der Waals surface area contributed by atoms with Gasteiger partial charge in [0.1, 0.15) is 5.69 Å². The van der Waals surface area contributed by atoms with Crippen molar-refractivity contribution in [2.24, 2.45) is 0 Å². The minimum Gasteiger partial charge on any atom is -0.304 e. The monoisotopic (exact) mass is 290 g/mol. The standard InChI is InChI=1S/C18H14N2O2/c21-20(22)18-14-8-7-13-17(18)19(15-9-3-1-4-10-15)16-11-5-2-6-12-16/h1-14H. The first-order chi connectivity index (χ1) is 10.8. The highest BCUT2D eigenvalue weighted by Crippen LogP contribution is 2.39. The van der Waals surface area contributed by atoms with Gasteiger partial charge in [-0.05, 0) is 30.3 Å². The minimum atomic E-state index is -0.353. The highest BCUT2D eigenvalue weighted by atomic mass is 16.6. The Morgan fingerprint density at radius 1 is 0.682 bits per heavy atom. The fraction of sp³-hybridized carbons (Fsp3) is 0. The van der Waals surface area contributed by atoms with Gasteiger partial charge in [0.15, 0.2) is 0 Å². The molecule has 0 saturated heterocycles. The van der Waals surface area contributed by atoms with Gasteiger partial charge in [0.25, 0.3) is 5.69 Å². The summed E-state index contributed by atoms with van der Waals surface area (Å²) < 4.78 is 0. The van der Waals surface area contributed by atoms with Crippen molar-refractivity contribution in [1.29, 1.82) is 0 Å². The molecule has 0 fully saturated rings. The SMILES string of the molecule is O=[N+]([O-])c1ccccc1N(c1ccccc1)c1ccccc1. The highest BCUT2D eigenvalue weighted by molar-refractivity contribution is 5.81. The number of nitrogens with zero attached hydrogens (tertiary/aromatic N) is 2. The van der Waals surface area contributed by atoms with Crippen LogP contribution in [0, 0.1) is 10.1 Å². The number of nitro benzene ring substituents is 1. The Balaban J connectivity index is 2.21. The van der Waals surface area contributed by atoms with Crippen LogP contribution in [0.25, 0.3) is 0 Å². The second-order valence-electron chi connectivity index (χ2n) is 4.75. The minimum absolute atomic E-state index is 0.0789. The van der Waals surface area contributed by atoms with Gasteiger partial charge in [0.2, 0.25) is 0 Å². The fourth-order valence-corrected chi connectivity index (χ4v) is 2.39. The van der Waals surface area contributed by atoms with E-state index in [4.69, 9.17) is 0 Å². The van der Waals surface area contributed by atoms with Gasteiger partial charge in [-0.15, -0.1) is 0 Å². The summed E-state index contributed by atoms with van der Waals surface area (Å²) in [4.78, 5) is 12.9. The van der Waals surface area contributed by atoms with Gasteiger partial charge in [-0.2, -0.15) is 0 Å². The van der Waals surface area contributed by atoms with Crippen molar-refractivity contribution in [3.8, 4) is 0 Å². The van der Waals surface area contributed by atoms with Crippen molar-refractivity contribution in [3.05, 3.63) is 95.0 Å². The van der Waals surface area contributed by atoms with E-state index in [1.807, 2.05) is 65.6 Å². The molecule has 0 spiro atoms. The smallest absolute Gasteiger partial charge is 0.293 e. The molecule has 0 atom stereocenters. The fourth-order valence-electron chi connectivity index (χ4n) is 2.39. The van der Waals surface area contributed by atoms with Crippen LogP contribution in [0.5, 0.6) is 0 Å². The Labute approximate surface area is 128 Å². The third-order valence-electron chi connectivity index (χ3n) is 3.35. The zero-order valence-electron chi connectivity index (χ0n) is 11.8. The first-order valence-electron chi connectivity index (χ1n) is 6.91. The van der Waals surface area contributed by atoms with E-state index in [-0.39, 0.29) is 10.6 Å². The van der Waals surface area contributed by atoms with Gasteiger partial charge in [-0.1, -0.05) is 48.5 Å². The van der Waals surface area contributed by atoms with Crippen molar-refractivity contribution >= 4 is 22.7 Å². The highest BCUT2D eigenvalue weighted by Gasteiger charge is 2.21. The van der Waals surface area contributed by atoms with E-state index >= 15 is 0 Å². The van der Waals surface area contributed by atoms with E-state index in [0.29, 0.717) is 5.69 Å². The van der Waals surface area contributed by atoms with Crippen molar-refractivity contribution < 1.29 is 4.92 Å². The van der Waals surface area contributed by atoms with Gasteiger partial charge in [0.05, 0.1) is 4.92 Å². The summed E-state index contributed by atoms with van der Waals surface area (Å²) in [6.45, 7) is 0. The maximum Gasteiger partial charge on any atom is 0.293 e. The second-order valence-corrected chi connectivity index (χ2v) is 4.75. The Morgan fingerprint density at radius 3 is 1.64 bits per heavy atom. The molecular weight excluding hydrogens is 276 g/mol. The van der Waals surface area contributed by atoms with Crippen molar-refractivity contribution in [2.45, 2.75) is 0 Å². The molecule has 0 aliphatic rings. The zero-order valence-corrected chi connectivity index (χ0v) is 11.8. The molecule has 3 aromatic rings. The predicted molar refractivity (Wildman–Crippen MR) is 87.8 cm³/mol. The summed E-state index contributed by atoms with van der Waals surface area (Å²) in [5.41, 5.74) is 2.38. The third kappa shape index (κ3) is 2.67. The lowest BCUT2D eigenvalue weighted by Gasteiger charge is -2.24. The Bertz CT molecular complexity index is 734. The van der Waals surface area contributed by atoms with Crippen LogP contribution in [0.1, 0.15) is 0 Å². The molecule has 108 valence electrons. The van der Waals surface area contributed by atoms with Crippen molar-refractivity contribution in [3.63, 3.8) is 0 Å². The van der Waals surface area contributed by atoms with Crippen LogP contribution in [0.15, 0.2) is 84.9 Å². The van der Waals surface area contributed by atoms with Gasteiger partial charge in [-0.25, -0.2) is 0 Å². The van der Waals surface area contributed by atoms with E-state index < -0.39 is 0 Å². The quantitative estimate of drug-likeness (QED) is 0.498. The molecule has 0 unspecified atom stereocenters. The molecule has 4 heteroatoms. The van der Waals surface area contributed by atoms with Gasteiger partial charge in [0, 0.05) is 17.4 Å². The molecule has 0 saturated carbocycles. The molecule has 0 aliphatic carbocycles. The molecule has 0 radical (unpaired) electrons. The third-order valence-corrected chi connectivity index (χ3v) is 3.35. The molecule has 0 N–H and O–H groups in total. The van der Waals surface area contributed by atoms with Gasteiger partial charge < -0.3 is 4.90 Å². The van der Waals surface area contributed by atoms with Crippen molar-refractivity contribution in [2.75, 3.05) is 4.90 Å². The number of rotatable bonds is 4. The lowest BCUT2D eigenvalue weighted by Crippen LogP contribution is -2.11. The number of nitro groups is 1. The summed E-state index contributed by atoms with van der Waals surface area (Å²) in [6, 6.07) is 26.0. The van der Waals surface area contributed by atoms with E-state index in [9.17, 15) is 10.1 Å². The van der Waals surface area contributed by atoms with Gasteiger partial charge in [-0.3, -0.25) is 10.1 Å². The summed E-state index contributed by atoms with van der Waals surface area (Å²) >= 11 is 0. The average Bonchev–Trinajstić information content (AvgIpc) is 2.57. The average molecular weight is 290 g/mol. The second kappa shape index (κ2) is 6.10. The van der Waals surface area contributed by atoms with Crippen LogP contribution in [-0.4, -0.2) is 4.92 Å². The molecule has 4 nitrogen and oxygen atoms in total. The number of hydrogen-bond donors (Lipinski definition) is 0. The molecule has 0 aliphatic heterocycles. The Kier molecular flexibility index (Phi) is 3.83. The van der Waals surface area contributed by atoms with Crippen LogP contribution in [0.4, 0.5) is 22.7 Å². The van der Waals surface area contributed by atoms with Crippen LogP contribution in [0.2, 0.25) is 0 Å². The van der Waals surface area contributed by atoms with Gasteiger partial charge >= 0.3 is 0 Å². The number of para-hydroxylation sites is 4. The summed E-state index contributed by atoms with van der Waals surface area (Å²) in [5.74, 6) is 0. The van der Waals surface area contributed by atoms with E-state index in [0.717, 1.165) is 11.4 Å². The maximum absolute atomic E-state index is 11.4. The molecular formula is C18H14N2O2. The number of hydrogen-bond acceptors (Lipinski definition) is 3. The van der Waals surface area contributed by atoms with E-state index in [1.165, 1.54) is 6.07 Å². The van der Waals surface area contributed by atoms with Crippen LogP contribution in [0.3, 0.4) is 0 Å². The van der Waals surface area contributed by atoms with Crippen LogP contribution < -0.4 is 4.90 Å². The normalized spacial score (nSPS) is 10.2. The Hall–Kier alpha value is -3.14. The topological polar surface area (TPSA) is 46.4 Å². The lowest BCUT2D eigenvalue weighted by atomic mass is 10.1. The maximum atomic E-state index is 11.4. The van der Waals surface area contributed by atoms with Crippen LogP contribution >= 0.6 is 0 Å². The van der Waals surface area contributed by atoms with E-state index in [1.54, 1.807) is 18.2 Å². The molecule has 3 aromatic carbocycles. The first kappa shape index (κ1) is 13.8. The largest absolute Gasteiger partial charge is 0.304 e. The molecule has 0 heterocycles. The lowest BCUT2D eigenvalue weighted by molar-refractivity contribution is -0.384. The van der Waals surface area contributed by atoms with Crippen molar-refractivity contribution in [1.82, 2.24) is 0 Å². The zero-order chi connectivity index (χ0) is 15.4. The molecule has 0 aromatic heterocycles. The number of anilines is 3. The molecule has 22 heavy (non-hydrogen) atoms. The molecule has 0 bridgehead atoms. The van der Waals surface area contributed by atoms with Crippen LogP contribution in [-0.2, 0) is 0 Å². The summed E-state index contributed by atoms with van der Waals surface area (Å²) in [7, 11) is 0. The number of benzene rings is 3. The summed E-state index contributed by atoms with van der Waals surface area (Å²) in [5, 5.41) is 11.4. The predicted octanol–water partition coefficient (Wildman–Crippen LogP) is 5.06. The molecule has 0 amide bonds.